The van der Waals surface area contributed by atoms with E-state index in [9.17, 15) is 9.59 Å². The summed E-state index contributed by atoms with van der Waals surface area (Å²) in [6.45, 7) is 11.2. The Hall–Kier alpha value is -3.41. The lowest BCUT2D eigenvalue weighted by Gasteiger charge is -2.24. The molecular weight excluding hydrogens is 454 g/mol. The van der Waals surface area contributed by atoms with Crippen LogP contribution in [0.2, 0.25) is 0 Å². The van der Waals surface area contributed by atoms with Gasteiger partial charge in [-0.3, -0.25) is 9.59 Å². The Kier molecular flexibility index (Phi) is 8.26. The second-order valence-electron chi connectivity index (χ2n) is 8.16. The summed E-state index contributed by atoms with van der Waals surface area (Å²) in [6, 6.07) is 6.81. The minimum absolute atomic E-state index is 0.119. The van der Waals surface area contributed by atoms with Crippen molar-refractivity contribution >= 4 is 46.9 Å². The Labute approximate surface area is 202 Å². The molecule has 0 saturated heterocycles. The molecule has 12 heteroatoms. The fourth-order valence-electron chi connectivity index (χ4n) is 2.90. The highest BCUT2D eigenvalue weighted by Crippen LogP contribution is 2.21. The van der Waals surface area contributed by atoms with Gasteiger partial charge >= 0.3 is 0 Å². The molecule has 34 heavy (non-hydrogen) atoms. The number of anilines is 3. The zero-order valence-corrected chi connectivity index (χ0v) is 20.9. The normalized spacial score (nSPS) is 11.3. The van der Waals surface area contributed by atoms with Crippen LogP contribution < -0.4 is 21.3 Å². The first kappa shape index (κ1) is 25.2. The molecule has 3 aromatic rings. The average molecular weight is 486 g/mol. The van der Waals surface area contributed by atoms with Crippen molar-refractivity contribution in [1.82, 2.24) is 29.9 Å². The predicted molar refractivity (Wildman–Crippen MR) is 135 cm³/mol. The number of rotatable bonds is 11. The number of fused-ring (bicyclic) bond motifs is 1. The second-order valence-corrected chi connectivity index (χ2v) is 9.10. The molecular formula is C22H31N9O2S. The molecule has 11 nitrogen and oxygen atoms in total. The fraction of sp³-hybridized carbons (Fsp3) is 0.455. The van der Waals surface area contributed by atoms with E-state index in [1.165, 1.54) is 11.8 Å². The summed E-state index contributed by atoms with van der Waals surface area (Å²) in [5, 5.41) is 20.9. The first-order chi connectivity index (χ1) is 16.3. The van der Waals surface area contributed by atoms with Gasteiger partial charge in [0, 0.05) is 29.9 Å². The van der Waals surface area contributed by atoms with Gasteiger partial charge in [0.05, 0.1) is 5.75 Å². The summed E-state index contributed by atoms with van der Waals surface area (Å²) >= 11 is 1.23. The van der Waals surface area contributed by atoms with Crippen LogP contribution in [0.1, 0.15) is 51.4 Å². The molecule has 4 N–H and O–H groups in total. The van der Waals surface area contributed by atoms with Crippen molar-refractivity contribution in [2.75, 3.05) is 34.8 Å². The number of thioether (sulfide) groups is 1. The van der Waals surface area contributed by atoms with Crippen LogP contribution in [0, 0.1) is 0 Å². The predicted octanol–water partition coefficient (Wildman–Crippen LogP) is 3.03. The maximum Gasteiger partial charge on any atom is 0.261 e. The zero-order chi connectivity index (χ0) is 24.7. The highest BCUT2D eigenvalue weighted by Gasteiger charge is 2.19. The Morgan fingerprint density at radius 3 is 2.35 bits per heavy atom. The lowest BCUT2D eigenvalue weighted by atomic mass is 10.0. The van der Waals surface area contributed by atoms with Crippen LogP contribution in [0.5, 0.6) is 0 Å². The van der Waals surface area contributed by atoms with Crippen molar-refractivity contribution in [3.63, 3.8) is 0 Å². The lowest BCUT2D eigenvalue weighted by molar-refractivity contribution is -0.113. The fourth-order valence-corrected chi connectivity index (χ4v) is 3.63. The van der Waals surface area contributed by atoms with Gasteiger partial charge in [0.1, 0.15) is 0 Å². The molecule has 0 saturated carbocycles. The van der Waals surface area contributed by atoms with E-state index >= 15 is 0 Å². The smallest absolute Gasteiger partial charge is 0.261 e. The molecule has 182 valence electrons. The number of nitrogens with one attached hydrogen (secondary N) is 4. The number of carbonyl (C=O) groups is 2. The molecule has 0 aliphatic carbocycles. The van der Waals surface area contributed by atoms with Crippen LogP contribution in [0.25, 0.3) is 5.78 Å². The number of hydrogen-bond donors (Lipinski definition) is 4. The number of hydrogen-bond acceptors (Lipinski definition) is 9. The van der Waals surface area contributed by atoms with Crippen molar-refractivity contribution in [2.24, 2.45) is 0 Å². The van der Waals surface area contributed by atoms with E-state index in [1.54, 1.807) is 28.7 Å². The number of nitrogens with zero attached hydrogens (tertiary/aromatic N) is 5. The third kappa shape index (κ3) is 6.34. The number of amides is 2. The number of aromatic nitrogens is 5. The topological polar surface area (TPSA) is 138 Å². The van der Waals surface area contributed by atoms with Crippen LogP contribution in [0.4, 0.5) is 17.6 Å². The maximum atomic E-state index is 12.5. The van der Waals surface area contributed by atoms with Crippen molar-refractivity contribution in [2.45, 2.75) is 51.7 Å². The highest BCUT2D eigenvalue weighted by atomic mass is 32.2. The molecule has 2 amide bonds. The number of benzene rings is 1. The van der Waals surface area contributed by atoms with E-state index in [0.29, 0.717) is 47.2 Å². The van der Waals surface area contributed by atoms with Crippen LogP contribution in [-0.4, -0.2) is 60.8 Å². The van der Waals surface area contributed by atoms with Crippen LogP contribution in [0.15, 0.2) is 29.4 Å². The van der Waals surface area contributed by atoms with Crippen LogP contribution in [-0.2, 0) is 4.79 Å². The average Bonchev–Trinajstić information content (AvgIpc) is 3.21. The molecule has 2 aromatic heterocycles. The van der Waals surface area contributed by atoms with E-state index in [2.05, 4.69) is 41.4 Å². The zero-order valence-electron chi connectivity index (χ0n) is 20.1. The molecule has 3 rings (SSSR count). The minimum atomic E-state index is -0.279. The first-order valence-electron chi connectivity index (χ1n) is 11.2. The quantitative estimate of drug-likeness (QED) is 0.302. The van der Waals surface area contributed by atoms with Crippen molar-refractivity contribution in [3.8, 4) is 0 Å². The standard InChI is InChI=1S/C22H31N9O2S/c1-6-22(4,5)28-17(33)14-9-11-15(12-10-14)25-16(32)13-34-21-30-29-20-27-18(23-7-2)26-19(24-8-3)31(20)21/h9-12H,6-8,13H2,1-5H3,(H,25,32)(H,28,33)(H2,23,24,26,27,29). The molecule has 2 heterocycles. The van der Waals surface area contributed by atoms with E-state index in [-0.39, 0.29) is 23.1 Å². The Bertz CT molecular complexity index is 1150. The molecule has 0 fully saturated rings. The number of carbonyl (C=O) groups excluding carboxylic acids is 2. The van der Waals surface area contributed by atoms with Gasteiger partial charge in [-0.05, 0) is 58.4 Å². The monoisotopic (exact) mass is 485 g/mol. The summed E-state index contributed by atoms with van der Waals surface area (Å²) in [5.41, 5.74) is 0.866. The largest absolute Gasteiger partial charge is 0.355 e. The Morgan fingerprint density at radius 1 is 1.00 bits per heavy atom. The van der Waals surface area contributed by atoms with Gasteiger partial charge in [0.25, 0.3) is 11.7 Å². The molecule has 0 atom stereocenters. The molecule has 0 spiro atoms. The van der Waals surface area contributed by atoms with Gasteiger partial charge in [-0.25, -0.2) is 4.40 Å². The SMILES string of the molecule is CCNc1nc(NCC)n2c(SCC(=O)Nc3ccc(C(=O)NC(C)(C)CC)cc3)nnc2n1. The highest BCUT2D eigenvalue weighted by molar-refractivity contribution is 7.99. The van der Waals surface area contributed by atoms with Gasteiger partial charge in [-0.15, -0.1) is 10.2 Å². The van der Waals surface area contributed by atoms with Gasteiger partial charge in [0.2, 0.25) is 17.8 Å². The van der Waals surface area contributed by atoms with Crippen molar-refractivity contribution in [1.29, 1.82) is 0 Å². The molecule has 0 radical (unpaired) electrons. The maximum absolute atomic E-state index is 12.5. The Balaban J connectivity index is 1.63. The molecule has 1 aromatic carbocycles. The van der Waals surface area contributed by atoms with Gasteiger partial charge in [-0.2, -0.15) is 9.97 Å². The second kappa shape index (κ2) is 11.1. The molecule has 0 unspecified atom stereocenters. The van der Waals surface area contributed by atoms with E-state index in [1.807, 2.05) is 34.6 Å². The Morgan fingerprint density at radius 2 is 1.71 bits per heavy atom. The van der Waals surface area contributed by atoms with Crippen molar-refractivity contribution in [3.05, 3.63) is 29.8 Å². The van der Waals surface area contributed by atoms with Crippen LogP contribution >= 0.6 is 11.8 Å². The molecule has 0 bridgehead atoms. The summed E-state index contributed by atoms with van der Waals surface area (Å²) in [4.78, 5) is 33.7. The van der Waals surface area contributed by atoms with E-state index < -0.39 is 0 Å². The molecule has 0 aliphatic heterocycles. The van der Waals surface area contributed by atoms with Crippen LogP contribution in [0.3, 0.4) is 0 Å². The van der Waals surface area contributed by atoms with Crippen molar-refractivity contribution < 1.29 is 9.59 Å². The first-order valence-corrected chi connectivity index (χ1v) is 12.2. The minimum Gasteiger partial charge on any atom is -0.355 e. The van der Waals surface area contributed by atoms with Gasteiger partial charge < -0.3 is 21.3 Å². The van der Waals surface area contributed by atoms with Gasteiger partial charge in [-0.1, -0.05) is 18.7 Å². The third-order valence-corrected chi connectivity index (χ3v) is 5.94. The molecule has 0 aliphatic rings. The summed E-state index contributed by atoms with van der Waals surface area (Å²) < 4.78 is 1.69. The third-order valence-electron chi connectivity index (χ3n) is 5.01. The van der Waals surface area contributed by atoms with E-state index in [0.717, 1.165) is 6.42 Å². The summed E-state index contributed by atoms with van der Waals surface area (Å²) in [6.07, 6.45) is 0.824. The van der Waals surface area contributed by atoms with E-state index in [4.69, 9.17) is 0 Å². The summed E-state index contributed by atoms with van der Waals surface area (Å²) in [5.74, 6) is 1.18. The summed E-state index contributed by atoms with van der Waals surface area (Å²) in [7, 11) is 0. The van der Waals surface area contributed by atoms with Gasteiger partial charge in [0.15, 0.2) is 5.16 Å². The lowest BCUT2D eigenvalue weighted by Crippen LogP contribution is -2.42.